The topological polar surface area (TPSA) is 82.0 Å². The van der Waals surface area contributed by atoms with E-state index in [0.29, 0.717) is 24.6 Å². The minimum atomic E-state index is -1.61. The molecule has 1 aromatic rings. The maximum absolute atomic E-state index is 12.0. The van der Waals surface area contributed by atoms with Gasteiger partial charge >= 0.3 is 0 Å². The number of benzene rings is 1. The number of carbonyl (C=O) groups excluding carboxylic acids is 1. The van der Waals surface area contributed by atoms with Crippen molar-refractivity contribution in [1.82, 2.24) is 10.2 Å². The summed E-state index contributed by atoms with van der Waals surface area (Å²) in [6, 6.07) is 10.3. The summed E-state index contributed by atoms with van der Waals surface area (Å²) in [5, 5.41) is 26.3. The first kappa shape index (κ1) is 20.2. The molecule has 2 aliphatic heterocycles. The zero-order chi connectivity index (χ0) is 22.3. The molecule has 1 saturated carbocycles. The fourth-order valence-electron chi connectivity index (χ4n) is 7.10. The van der Waals surface area contributed by atoms with Gasteiger partial charge in [0.2, 0.25) is 5.91 Å². The molecule has 3 N–H and O–H groups in total. The summed E-state index contributed by atoms with van der Waals surface area (Å²) in [4.78, 5) is 14.4. The molecule has 1 saturated heterocycles. The first-order chi connectivity index (χ1) is 15.3. The Labute approximate surface area is 188 Å². The second-order valence-corrected chi connectivity index (χ2v) is 10.3. The van der Waals surface area contributed by atoms with Gasteiger partial charge in [-0.25, -0.2) is 0 Å². The number of amides is 1. The van der Waals surface area contributed by atoms with Crippen LogP contribution in [0.25, 0.3) is 0 Å². The average Bonchev–Trinajstić information content (AvgIpc) is 3.11. The van der Waals surface area contributed by atoms with E-state index >= 15 is 0 Å². The van der Waals surface area contributed by atoms with Gasteiger partial charge in [-0.1, -0.05) is 42.5 Å². The normalized spacial score (nSPS) is 41.6. The number of piperidine rings is 1. The van der Waals surface area contributed by atoms with Crippen LogP contribution in [0.5, 0.6) is 0 Å². The highest BCUT2D eigenvalue weighted by Crippen LogP contribution is 2.67. The van der Waals surface area contributed by atoms with E-state index in [1.54, 1.807) is 6.08 Å². The van der Waals surface area contributed by atoms with Gasteiger partial charge in [0.1, 0.15) is 11.4 Å². The third-order valence-electron chi connectivity index (χ3n) is 8.38. The second-order valence-electron chi connectivity index (χ2n) is 10.3. The molecule has 5 aliphatic rings. The first-order valence-corrected chi connectivity index (χ1v) is 11.6. The Morgan fingerprint density at radius 1 is 1.28 bits per heavy atom. The molecule has 1 unspecified atom stereocenters. The van der Waals surface area contributed by atoms with E-state index in [-0.39, 0.29) is 11.8 Å². The molecule has 2 fully saturated rings. The quantitative estimate of drug-likeness (QED) is 0.501. The van der Waals surface area contributed by atoms with Gasteiger partial charge in [-0.05, 0) is 43.6 Å². The molecule has 1 aromatic carbocycles. The van der Waals surface area contributed by atoms with Gasteiger partial charge in [0.25, 0.3) is 0 Å². The molecule has 2 bridgehead atoms. The minimum absolute atomic E-state index is 0.156. The lowest BCUT2D eigenvalue weighted by Crippen LogP contribution is -2.69. The van der Waals surface area contributed by atoms with E-state index in [1.807, 2.05) is 30.3 Å². The van der Waals surface area contributed by atoms with Gasteiger partial charge in [-0.3, -0.25) is 4.79 Å². The van der Waals surface area contributed by atoms with Crippen molar-refractivity contribution < 1.29 is 19.7 Å². The van der Waals surface area contributed by atoms with Gasteiger partial charge in [-0.15, -0.1) is 0 Å². The van der Waals surface area contributed by atoms with E-state index < -0.39 is 22.8 Å². The minimum Gasteiger partial charge on any atom is -0.485 e. The van der Waals surface area contributed by atoms with Crippen LogP contribution < -0.4 is 5.32 Å². The third-order valence-corrected chi connectivity index (χ3v) is 8.38. The van der Waals surface area contributed by atoms with Gasteiger partial charge in [0.05, 0.1) is 5.41 Å². The molecular weight excluding hydrogens is 404 g/mol. The Bertz CT molecular complexity index is 1080. The highest BCUT2D eigenvalue weighted by atomic mass is 16.5. The SMILES string of the molecule is CC(=O)N[C@]1(O)C=C[C@H]2[C@H]3CC4=CCC(O)(Cc5ccccc5)C5=C4[C@@]2(CCN3C)[C@H]1O5. The molecule has 0 radical (unpaired) electrons. The molecule has 168 valence electrons. The van der Waals surface area contributed by atoms with Crippen LogP contribution in [0.3, 0.4) is 0 Å². The number of aliphatic hydroxyl groups is 2. The summed E-state index contributed by atoms with van der Waals surface area (Å²) in [5.41, 5.74) is 0.0940. The number of nitrogens with one attached hydrogen (secondary N) is 1. The number of hydrogen-bond donors (Lipinski definition) is 3. The van der Waals surface area contributed by atoms with Crippen molar-refractivity contribution in [2.24, 2.45) is 11.3 Å². The number of hydrogen-bond acceptors (Lipinski definition) is 5. The molecule has 6 atom stereocenters. The summed E-state index contributed by atoms with van der Waals surface area (Å²) < 4.78 is 6.62. The Morgan fingerprint density at radius 2 is 2.06 bits per heavy atom. The molecular formula is C26H30N2O4. The van der Waals surface area contributed by atoms with E-state index in [1.165, 1.54) is 12.5 Å². The lowest BCUT2D eigenvalue weighted by Gasteiger charge is -2.59. The van der Waals surface area contributed by atoms with Crippen LogP contribution in [-0.4, -0.2) is 58.1 Å². The Hall–Kier alpha value is -2.41. The largest absolute Gasteiger partial charge is 0.485 e. The number of rotatable bonds is 3. The van der Waals surface area contributed by atoms with Gasteiger partial charge in [0.15, 0.2) is 11.8 Å². The molecule has 1 spiro atoms. The van der Waals surface area contributed by atoms with Crippen LogP contribution in [0, 0.1) is 11.3 Å². The molecule has 0 aromatic heterocycles. The van der Waals surface area contributed by atoms with Crippen molar-refractivity contribution in [2.75, 3.05) is 13.6 Å². The standard InChI is InChI=1S/C26H30N2O4/c1-16(29)27-26(31)11-9-19-20-14-18-8-10-24(30,15-17-6-4-3-5-7-17)22-21(18)25(19,23(26)32-22)12-13-28(20)2/h3-9,11,19-20,23,30-31H,10,12-15H2,1-2H3,(H,27,29)/t19-,20+,23+,24?,25-,26-/m0/s1. The first-order valence-electron chi connectivity index (χ1n) is 11.6. The molecule has 2 heterocycles. The Balaban J connectivity index is 1.52. The van der Waals surface area contributed by atoms with E-state index in [0.717, 1.165) is 30.5 Å². The van der Waals surface area contributed by atoms with Crippen LogP contribution in [0.1, 0.15) is 31.7 Å². The van der Waals surface area contributed by atoms with E-state index in [4.69, 9.17) is 4.74 Å². The van der Waals surface area contributed by atoms with Gasteiger partial charge < -0.3 is 25.2 Å². The van der Waals surface area contributed by atoms with Crippen LogP contribution in [0.2, 0.25) is 0 Å². The summed E-state index contributed by atoms with van der Waals surface area (Å²) in [5.74, 6) is 0.449. The molecule has 32 heavy (non-hydrogen) atoms. The Morgan fingerprint density at radius 3 is 2.81 bits per heavy atom. The second kappa shape index (κ2) is 6.56. The summed E-state index contributed by atoms with van der Waals surface area (Å²) in [6.45, 7) is 2.29. The van der Waals surface area contributed by atoms with Crippen molar-refractivity contribution in [3.63, 3.8) is 0 Å². The maximum Gasteiger partial charge on any atom is 0.219 e. The highest BCUT2D eigenvalue weighted by Gasteiger charge is 2.70. The molecule has 3 aliphatic carbocycles. The number of likely N-dealkylation sites (tertiary alicyclic amines) is 1. The number of ether oxygens (including phenoxy) is 1. The predicted octanol–water partition coefficient (Wildman–Crippen LogP) is 2.05. The predicted molar refractivity (Wildman–Crippen MR) is 119 cm³/mol. The monoisotopic (exact) mass is 434 g/mol. The third kappa shape index (κ3) is 2.54. The fraction of sp³-hybridized carbons (Fsp3) is 0.500. The molecule has 1 amide bonds. The zero-order valence-corrected chi connectivity index (χ0v) is 18.5. The number of carbonyl (C=O) groups is 1. The molecule has 6 rings (SSSR count). The molecule has 6 heteroatoms. The lowest BCUT2D eigenvalue weighted by molar-refractivity contribution is -0.164. The van der Waals surface area contributed by atoms with Gasteiger partial charge in [0, 0.05) is 37.3 Å². The van der Waals surface area contributed by atoms with Crippen molar-refractivity contribution in [1.29, 1.82) is 0 Å². The number of nitrogens with zero attached hydrogens (tertiary/aromatic N) is 1. The van der Waals surface area contributed by atoms with Crippen LogP contribution in [0.4, 0.5) is 0 Å². The van der Waals surface area contributed by atoms with Gasteiger partial charge in [-0.2, -0.15) is 0 Å². The van der Waals surface area contributed by atoms with Crippen molar-refractivity contribution in [3.05, 3.63) is 71.0 Å². The fourth-order valence-corrected chi connectivity index (χ4v) is 7.10. The van der Waals surface area contributed by atoms with Crippen LogP contribution in [0.15, 0.2) is 65.5 Å². The van der Waals surface area contributed by atoms with Crippen molar-refractivity contribution >= 4 is 5.91 Å². The maximum atomic E-state index is 12.0. The van der Waals surface area contributed by atoms with Crippen LogP contribution >= 0.6 is 0 Å². The smallest absolute Gasteiger partial charge is 0.219 e. The Kier molecular flexibility index (Phi) is 4.15. The summed E-state index contributed by atoms with van der Waals surface area (Å²) in [7, 11) is 2.16. The lowest BCUT2D eigenvalue weighted by atomic mass is 9.50. The highest BCUT2D eigenvalue weighted by molar-refractivity contribution is 5.74. The molecule has 6 nitrogen and oxygen atoms in total. The van der Waals surface area contributed by atoms with E-state index in [9.17, 15) is 15.0 Å². The summed E-state index contributed by atoms with van der Waals surface area (Å²) >= 11 is 0. The summed E-state index contributed by atoms with van der Waals surface area (Å²) in [6.07, 6.45) is 7.93. The van der Waals surface area contributed by atoms with Crippen molar-refractivity contribution in [2.45, 2.75) is 56.1 Å². The van der Waals surface area contributed by atoms with Crippen molar-refractivity contribution in [3.8, 4) is 0 Å². The zero-order valence-electron chi connectivity index (χ0n) is 18.5. The average molecular weight is 435 g/mol. The van der Waals surface area contributed by atoms with E-state index in [2.05, 4.69) is 29.4 Å². The van der Waals surface area contributed by atoms with Crippen LogP contribution in [-0.2, 0) is 16.0 Å².